The first-order valence-electron chi connectivity index (χ1n) is 5.32. The third-order valence-corrected chi connectivity index (χ3v) is 2.70. The highest BCUT2D eigenvalue weighted by Crippen LogP contribution is 2.22. The quantitative estimate of drug-likeness (QED) is 0.602. The second kappa shape index (κ2) is 4.37. The molecule has 0 N–H and O–H groups in total. The van der Waals surface area contributed by atoms with Crippen molar-refractivity contribution in [3.8, 4) is 0 Å². The summed E-state index contributed by atoms with van der Waals surface area (Å²) in [6.07, 6.45) is 0. The first-order valence-corrected chi connectivity index (χ1v) is 5.32. The Bertz CT molecular complexity index is 546. The number of aryl methyl sites for hydroxylation is 1. The van der Waals surface area contributed by atoms with Crippen LogP contribution in [-0.4, -0.2) is 14.7 Å². The summed E-state index contributed by atoms with van der Waals surface area (Å²) >= 11 is 0. The van der Waals surface area contributed by atoms with Gasteiger partial charge in [-0.1, -0.05) is 30.3 Å². The molecule has 0 unspecified atom stereocenters. The average molecular weight is 231 g/mol. The fourth-order valence-corrected chi connectivity index (χ4v) is 1.86. The fourth-order valence-electron chi connectivity index (χ4n) is 1.86. The van der Waals surface area contributed by atoms with Crippen LogP contribution < -0.4 is 0 Å². The summed E-state index contributed by atoms with van der Waals surface area (Å²) in [5.41, 5.74) is 2.24. The number of hydrogen-bond acceptors (Lipinski definition) is 3. The van der Waals surface area contributed by atoms with Gasteiger partial charge in [-0.05, 0) is 19.4 Å². The van der Waals surface area contributed by atoms with E-state index >= 15 is 0 Å². The molecule has 0 spiro atoms. The van der Waals surface area contributed by atoms with Crippen molar-refractivity contribution in [3.05, 3.63) is 57.4 Å². The van der Waals surface area contributed by atoms with E-state index in [1.54, 1.807) is 18.5 Å². The maximum atomic E-state index is 10.9. The standard InChI is InChI=1S/C12H13N3O2/c1-9-12(15(16)17)10(2)14(13-9)8-11-6-4-3-5-7-11/h3-7H,8H2,1-2H3. The van der Waals surface area contributed by atoms with E-state index in [4.69, 9.17) is 0 Å². The summed E-state index contributed by atoms with van der Waals surface area (Å²) in [4.78, 5) is 10.5. The minimum Gasteiger partial charge on any atom is -0.258 e. The lowest BCUT2D eigenvalue weighted by Gasteiger charge is -2.03. The Morgan fingerprint density at radius 2 is 1.94 bits per heavy atom. The van der Waals surface area contributed by atoms with Gasteiger partial charge in [0.1, 0.15) is 11.4 Å². The molecule has 2 aromatic rings. The van der Waals surface area contributed by atoms with Crippen molar-refractivity contribution >= 4 is 5.69 Å². The van der Waals surface area contributed by atoms with Crippen molar-refractivity contribution in [1.29, 1.82) is 0 Å². The van der Waals surface area contributed by atoms with Crippen molar-refractivity contribution in [2.75, 3.05) is 0 Å². The molecule has 0 saturated heterocycles. The maximum absolute atomic E-state index is 10.9. The Hall–Kier alpha value is -2.17. The van der Waals surface area contributed by atoms with Crippen LogP contribution in [0.15, 0.2) is 30.3 Å². The third-order valence-electron chi connectivity index (χ3n) is 2.70. The van der Waals surface area contributed by atoms with Gasteiger partial charge in [0.15, 0.2) is 0 Å². The first-order chi connectivity index (χ1) is 8.09. The molecule has 0 aliphatic carbocycles. The van der Waals surface area contributed by atoms with E-state index in [1.807, 2.05) is 30.3 Å². The summed E-state index contributed by atoms with van der Waals surface area (Å²) in [5, 5.41) is 15.1. The Kier molecular flexibility index (Phi) is 2.91. The molecule has 0 fully saturated rings. The van der Waals surface area contributed by atoms with Crippen LogP contribution in [0.2, 0.25) is 0 Å². The van der Waals surface area contributed by atoms with Gasteiger partial charge >= 0.3 is 5.69 Å². The zero-order valence-electron chi connectivity index (χ0n) is 9.75. The predicted octanol–water partition coefficient (Wildman–Crippen LogP) is 2.46. The molecule has 0 saturated carbocycles. The molecule has 0 atom stereocenters. The molecule has 0 aliphatic rings. The monoisotopic (exact) mass is 231 g/mol. The lowest BCUT2D eigenvalue weighted by molar-refractivity contribution is -0.386. The average Bonchev–Trinajstić information content (AvgIpc) is 2.55. The third kappa shape index (κ3) is 2.18. The Morgan fingerprint density at radius 3 is 2.47 bits per heavy atom. The molecule has 0 radical (unpaired) electrons. The molecule has 1 heterocycles. The molecule has 88 valence electrons. The Balaban J connectivity index is 2.35. The molecule has 5 heteroatoms. The number of hydrogen-bond donors (Lipinski definition) is 0. The zero-order valence-corrected chi connectivity index (χ0v) is 9.75. The van der Waals surface area contributed by atoms with Crippen LogP contribution in [0.1, 0.15) is 17.0 Å². The van der Waals surface area contributed by atoms with Crippen molar-refractivity contribution in [1.82, 2.24) is 9.78 Å². The number of rotatable bonds is 3. The molecule has 17 heavy (non-hydrogen) atoms. The van der Waals surface area contributed by atoms with E-state index in [9.17, 15) is 10.1 Å². The molecular formula is C12H13N3O2. The van der Waals surface area contributed by atoms with E-state index in [1.165, 1.54) is 0 Å². The van der Waals surface area contributed by atoms with Crippen LogP contribution in [-0.2, 0) is 6.54 Å². The van der Waals surface area contributed by atoms with Crippen molar-refractivity contribution < 1.29 is 4.92 Å². The van der Waals surface area contributed by atoms with Gasteiger partial charge in [0.25, 0.3) is 0 Å². The van der Waals surface area contributed by atoms with Crippen LogP contribution >= 0.6 is 0 Å². The molecule has 5 nitrogen and oxygen atoms in total. The summed E-state index contributed by atoms with van der Waals surface area (Å²) in [6.45, 7) is 3.94. The lowest BCUT2D eigenvalue weighted by Crippen LogP contribution is -2.04. The first kappa shape index (κ1) is 11.3. The number of benzene rings is 1. The highest BCUT2D eigenvalue weighted by Gasteiger charge is 2.21. The largest absolute Gasteiger partial charge is 0.312 e. The van der Waals surface area contributed by atoms with Gasteiger partial charge in [0.05, 0.1) is 11.5 Å². The summed E-state index contributed by atoms with van der Waals surface area (Å²) in [7, 11) is 0. The van der Waals surface area contributed by atoms with Gasteiger partial charge in [0, 0.05) is 0 Å². The molecule has 1 aromatic heterocycles. The van der Waals surface area contributed by atoms with E-state index in [0.717, 1.165) is 5.56 Å². The van der Waals surface area contributed by atoms with Gasteiger partial charge in [-0.25, -0.2) is 0 Å². The highest BCUT2D eigenvalue weighted by molar-refractivity contribution is 5.39. The number of nitrogens with zero attached hydrogens (tertiary/aromatic N) is 3. The SMILES string of the molecule is Cc1nn(Cc2ccccc2)c(C)c1[N+](=O)[O-]. The normalized spacial score (nSPS) is 10.5. The number of aromatic nitrogens is 2. The van der Waals surface area contributed by atoms with Crippen molar-refractivity contribution in [2.24, 2.45) is 0 Å². The van der Waals surface area contributed by atoms with Crippen LogP contribution in [0.5, 0.6) is 0 Å². The topological polar surface area (TPSA) is 61.0 Å². The Labute approximate surface area is 98.8 Å². The van der Waals surface area contributed by atoms with Gasteiger partial charge < -0.3 is 0 Å². The molecule has 0 amide bonds. The fraction of sp³-hybridized carbons (Fsp3) is 0.250. The molecule has 1 aromatic carbocycles. The Morgan fingerprint density at radius 1 is 1.29 bits per heavy atom. The summed E-state index contributed by atoms with van der Waals surface area (Å²) in [5.74, 6) is 0. The molecule has 0 aliphatic heterocycles. The van der Waals surface area contributed by atoms with Gasteiger partial charge in [-0.15, -0.1) is 0 Å². The van der Waals surface area contributed by atoms with E-state index in [0.29, 0.717) is 17.9 Å². The van der Waals surface area contributed by atoms with Crippen LogP contribution in [0.25, 0.3) is 0 Å². The molecular weight excluding hydrogens is 218 g/mol. The minimum atomic E-state index is -0.376. The van der Waals surface area contributed by atoms with Crippen LogP contribution in [0.4, 0.5) is 5.69 Å². The van der Waals surface area contributed by atoms with E-state index in [2.05, 4.69) is 5.10 Å². The summed E-state index contributed by atoms with van der Waals surface area (Å²) in [6, 6.07) is 9.77. The highest BCUT2D eigenvalue weighted by atomic mass is 16.6. The smallest absolute Gasteiger partial charge is 0.258 e. The lowest BCUT2D eigenvalue weighted by atomic mass is 10.2. The van der Waals surface area contributed by atoms with Gasteiger partial charge in [-0.2, -0.15) is 5.10 Å². The van der Waals surface area contributed by atoms with E-state index < -0.39 is 0 Å². The van der Waals surface area contributed by atoms with Crippen LogP contribution in [0.3, 0.4) is 0 Å². The van der Waals surface area contributed by atoms with Gasteiger partial charge in [0.2, 0.25) is 0 Å². The van der Waals surface area contributed by atoms with Gasteiger partial charge in [-0.3, -0.25) is 14.8 Å². The van der Waals surface area contributed by atoms with Crippen LogP contribution in [0, 0.1) is 24.0 Å². The second-order valence-corrected chi connectivity index (χ2v) is 3.92. The van der Waals surface area contributed by atoms with E-state index in [-0.39, 0.29) is 10.6 Å². The second-order valence-electron chi connectivity index (χ2n) is 3.92. The van der Waals surface area contributed by atoms with Crippen molar-refractivity contribution in [2.45, 2.75) is 20.4 Å². The minimum absolute atomic E-state index is 0.112. The predicted molar refractivity (Wildman–Crippen MR) is 63.9 cm³/mol. The zero-order chi connectivity index (χ0) is 12.4. The maximum Gasteiger partial charge on any atom is 0.312 e. The molecule has 2 rings (SSSR count). The summed E-state index contributed by atoms with van der Waals surface area (Å²) < 4.78 is 1.67. The van der Waals surface area contributed by atoms with Crippen molar-refractivity contribution in [3.63, 3.8) is 0 Å². The molecule has 0 bridgehead atoms. The number of nitro groups is 1.